The molecule has 0 bridgehead atoms. The summed E-state index contributed by atoms with van der Waals surface area (Å²) >= 11 is 3.22. The molecule has 20 heavy (non-hydrogen) atoms. The van der Waals surface area contributed by atoms with Gasteiger partial charge in [0.15, 0.2) is 0 Å². The standard InChI is InChI=1S/C13H11BrFNO3S/c14-10-2-1-3-11(7-10)16-20(18,19)13-5-4-9(8-17)6-12(13)15/h1-7,16-17H,8H2. The van der Waals surface area contributed by atoms with E-state index in [1.165, 1.54) is 6.07 Å². The van der Waals surface area contributed by atoms with Crippen molar-refractivity contribution < 1.29 is 17.9 Å². The fourth-order valence-corrected chi connectivity index (χ4v) is 3.13. The summed E-state index contributed by atoms with van der Waals surface area (Å²) in [5.74, 6) is -0.904. The van der Waals surface area contributed by atoms with Crippen LogP contribution in [0.2, 0.25) is 0 Å². The van der Waals surface area contributed by atoms with Crippen molar-refractivity contribution in [2.24, 2.45) is 0 Å². The lowest BCUT2D eigenvalue weighted by Gasteiger charge is -2.09. The normalized spacial score (nSPS) is 11.3. The second-order valence-electron chi connectivity index (χ2n) is 4.04. The van der Waals surface area contributed by atoms with Gasteiger partial charge in [-0.25, -0.2) is 12.8 Å². The van der Waals surface area contributed by atoms with Crippen molar-refractivity contribution in [3.05, 3.63) is 58.3 Å². The van der Waals surface area contributed by atoms with Gasteiger partial charge in [-0.15, -0.1) is 0 Å². The predicted octanol–water partition coefficient (Wildman–Crippen LogP) is 2.88. The number of aliphatic hydroxyl groups is 1. The van der Waals surface area contributed by atoms with Crippen LogP contribution in [0.1, 0.15) is 5.56 Å². The molecule has 0 aliphatic carbocycles. The zero-order valence-electron chi connectivity index (χ0n) is 10.2. The first-order chi connectivity index (χ1) is 9.42. The number of rotatable bonds is 4. The van der Waals surface area contributed by atoms with Gasteiger partial charge in [-0.3, -0.25) is 4.72 Å². The van der Waals surface area contributed by atoms with Crippen LogP contribution >= 0.6 is 15.9 Å². The average molecular weight is 360 g/mol. The minimum Gasteiger partial charge on any atom is -0.392 e. The monoisotopic (exact) mass is 359 g/mol. The number of nitrogens with one attached hydrogen (secondary N) is 1. The summed E-state index contributed by atoms with van der Waals surface area (Å²) in [7, 11) is -4.01. The van der Waals surface area contributed by atoms with Crippen LogP contribution in [0.5, 0.6) is 0 Å². The highest BCUT2D eigenvalue weighted by Crippen LogP contribution is 2.22. The number of hydrogen-bond acceptors (Lipinski definition) is 3. The molecular weight excluding hydrogens is 349 g/mol. The van der Waals surface area contributed by atoms with Crippen LogP contribution in [0.25, 0.3) is 0 Å². The van der Waals surface area contributed by atoms with Crippen molar-refractivity contribution >= 4 is 31.6 Å². The maximum Gasteiger partial charge on any atom is 0.264 e. The van der Waals surface area contributed by atoms with E-state index < -0.39 is 20.7 Å². The molecule has 0 atom stereocenters. The summed E-state index contributed by atoms with van der Waals surface area (Å²) in [6.45, 7) is -0.351. The van der Waals surface area contributed by atoms with Gasteiger partial charge in [-0.2, -0.15) is 0 Å². The predicted molar refractivity (Wildman–Crippen MR) is 77.3 cm³/mol. The summed E-state index contributed by atoms with van der Waals surface area (Å²) in [5, 5.41) is 8.88. The van der Waals surface area contributed by atoms with Crippen molar-refractivity contribution in [1.29, 1.82) is 0 Å². The Labute approximate surface area is 124 Å². The first-order valence-electron chi connectivity index (χ1n) is 5.60. The quantitative estimate of drug-likeness (QED) is 0.881. The molecule has 7 heteroatoms. The Bertz CT molecular complexity index is 734. The molecule has 0 saturated carbocycles. The van der Waals surface area contributed by atoms with Gasteiger partial charge in [0.1, 0.15) is 10.7 Å². The molecule has 4 nitrogen and oxygen atoms in total. The minimum atomic E-state index is -4.01. The van der Waals surface area contributed by atoms with Crippen molar-refractivity contribution in [2.75, 3.05) is 4.72 Å². The van der Waals surface area contributed by atoms with E-state index >= 15 is 0 Å². The Morgan fingerprint density at radius 2 is 1.95 bits per heavy atom. The summed E-state index contributed by atoms with van der Waals surface area (Å²) in [6, 6.07) is 10.0. The Hall–Kier alpha value is -1.44. The second-order valence-corrected chi connectivity index (χ2v) is 6.61. The van der Waals surface area contributed by atoms with Crippen LogP contribution in [0.15, 0.2) is 51.8 Å². The fourth-order valence-electron chi connectivity index (χ4n) is 1.62. The van der Waals surface area contributed by atoms with Gasteiger partial charge in [-0.05, 0) is 35.9 Å². The average Bonchev–Trinajstić information content (AvgIpc) is 2.37. The highest BCUT2D eigenvalue weighted by molar-refractivity contribution is 9.10. The number of halogens is 2. The van der Waals surface area contributed by atoms with Gasteiger partial charge in [0.25, 0.3) is 10.0 Å². The highest BCUT2D eigenvalue weighted by atomic mass is 79.9. The van der Waals surface area contributed by atoms with Crippen LogP contribution < -0.4 is 4.72 Å². The molecule has 0 aliphatic rings. The molecule has 0 radical (unpaired) electrons. The molecular formula is C13H11BrFNO3S. The number of sulfonamides is 1. The van der Waals surface area contributed by atoms with Gasteiger partial charge in [0.05, 0.1) is 6.61 Å². The zero-order valence-corrected chi connectivity index (χ0v) is 12.6. The molecule has 2 rings (SSSR count). The Balaban J connectivity index is 2.36. The summed E-state index contributed by atoms with van der Waals surface area (Å²) in [6.07, 6.45) is 0. The SMILES string of the molecule is O=S(=O)(Nc1cccc(Br)c1)c1ccc(CO)cc1F. The molecule has 0 aromatic heterocycles. The summed E-state index contributed by atoms with van der Waals surface area (Å²) in [4.78, 5) is -0.463. The lowest BCUT2D eigenvalue weighted by molar-refractivity contribution is 0.281. The van der Waals surface area contributed by atoms with Crippen LogP contribution in [0.4, 0.5) is 10.1 Å². The Morgan fingerprint density at radius 1 is 1.20 bits per heavy atom. The fraction of sp³-hybridized carbons (Fsp3) is 0.0769. The summed E-state index contributed by atoms with van der Waals surface area (Å²) in [5.41, 5.74) is 0.633. The highest BCUT2D eigenvalue weighted by Gasteiger charge is 2.19. The first-order valence-corrected chi connectivity index (χ1v) is 7.87. The lowest BCUT2D eigenvalue weighted by Crippen LogP contribution is -2.14. The van der Waals surface area contributed by atoms with E-state index in [1.807, 2.05) is 0 Å². The van der Waals surface area contributed by atoms with Crippen LogP contribution in [0, 0.1) is 5.82 Å². The van der Waals surface area contributed by atoms with Crippen molar-refractivity contribution in [2.45, 2.75) is 11.5 Å². The number of benzene rings is 2. The van der Waals surface area contributed by atoms with Gasteiger partial charge >= 0.3 is 0 Å². The van der Waals surface area contributed by atoms with Gasteiger partial charge in [0.2, 0.25) is 0 Å². The van der Waals surface area contributed by atoms with Gasteiger partial charge in [0, 0.05) is 10.2 Å². The van der Waals surface area contributed by atoms with Crippen molar-refractivity contribution in [3.8, 4) is 0 Å². The van der Waals surface area contributed by atoms with E-state index in [4.69, 9.17) is 5.11 Å². The van der Waals surface area contributed by atoms with Crippen molar-refractivity contribution in [3.63, 3.8) is 0 Å². The lowest BCUT2D eigenvalue weighted by atomic mass is 10.2. The Kier molecular flexibility index (Phi) is 4.42. The number of hydrogen-bond donors (Lipinski definition) is 2. The zero-order chi connectivity index (χ0) is 14.8. The molecule has 0 unspecified atom stereocenters. The molecule has 106 valence electrons. The minimum absolute atomic E-state index is 0.309. The van der Waals surface area contributed by atoms with E-state index in [9.17, 15) is 12.8 Å². The van der Waals surface area contributed by atoms with Crippen molar-refractivity contribution in [1.82, 2.24) is 0 Å². The third kappa shape index (κ3) is 3.36. The van der Waals surface area contributed by atoms with Crippen LogP contribution in [-0.2, 0) is 16.6 Å². The van der Waals surface area contributed by atoms with Crippen LogP contribution in [-0.4, -0.2) is 13.5 Å². The topological polar surface area (TPSA) is 66.4 Å². The van der Waals surface area contributed by atoms with E-state index in [-0.39, 0.29) is 6.61 Å². The molecule has 2 aromatic carbocycles. The molecule has 0 amide bonds. The molecule has 0 aliphatic heterocycles. The third-order valence-corrected chi connectivity index (χ3v) is 4.45. The first kappa shape index (κ1) is 15.0. The van der Waals surface area contributed by atoms with E-state index in [2.05, 4.69) is 20.7 Å². The largest absolute Gasteiger partial charge is 0.392 e. The second kappa shape index (κ2) is 5.90. The van der Waals surface area contributed by atoms with Gasteiger partial charge in [-0.1, -0.05) is 28.1 Å². The van der Waals surface area contributed by atoms with E-state index in [0.29, 0.717) is 15.7 Å². The van der Waals surface area contributed by atoms with E-state index in [0.717, 1.165) is 12.1 Å². The maximum atomic E-state index is 13.8. The van der Waals surface area contributed by atoms with Gasteiger partial charge < -0.3 is 5.11 Å². The molecule has 2 N–H and O–H groups in total. The van der Waals surface area contributed by atoms with Crippen LogP contribution in [0.3, 0.4) is 0 Å². The number of anilines is 1. The third-order valence-electron chi connectivity index (χ3n) is 2.55. The smallest absolute Gasteiger partial charge is 0.264 e. The summed E-state index contributed by atoms with van der Waals surface area (Å²) < 4.78 is 41.0. The number of aliphatic hydroxyl groups excluding tert-OH is 1. The molecule has 0 fully saturated rings. The Morgan fingerprint density at radius 3 is 2.55 bits per heavy atom. The molecule has 2 aromatic rings. The van der Waals surface area contributed by atoms with E-state index in [1.54, 1.807) is 24.3 Å². The molecule has 0 spiro atoms. The molecule has 0 heterocycles. The maximum absolute atomic E-state index is 13.8. The molecule has 0 saturated heterocycles.